The monoisotopic (exact) mass is 521 g/mol. The van der Waals surface area contributed by atoms with Gasteiger partial charge in [0.05, 0.1) is 19.1 Å². The highest BCUT2D eigenvalue weighted by molar-refractivity contribution is 7.92. The molecule has 3 rings (SSSR count). The second-order valence-electron chi connectivity index (χ2n) is 8.79. The molecule has 1 aliphatic rings. The predicted molar refractivity (Wildman–Crippen MR) is 137 cm³/mol. The number of benzene rings is 2. The van der Waals surface area contributed by atoms with Crippen LogP contribution in [0.3, 0.4) is 0 Å². The lowest BCUT2D eigenvalue weighted by Crippen LogP contribution is -2.52. The van der Waals surface area contributed by atoms with E-state index in [0.717, 1.165) is 41.8 Å². The van der Waals surface area contributed by atoms with Gasteiger partial charge in [0.25, 0.3) is 0 Å². The van der Waals surface area contributed by atoms with E-state index in [0.29, 0.717) is 10.8 Å². The van der Waals surface area contributed by atoms with Gasteiger partial charge in [0, 0.05) is 17.6 Å². The van der Waals surface area contributed by atoms with Crippen LogP contribution in [0.5, 0.6) is 5.75 Å². The number of hydrogen-bond acceptors (Lipinski definition) is 5. The Bertz CT molecular complexity index is 1150. The Morgan fingerprint density at radius 1 is 1.14 bits per heavy atom. The number of hydrogen-bond donors (Lipinski definition) is 1. The highest BCUT2D eigenvalue weighted by Crippen LogP contribution is 2.23. The third kappa shape index (κ3) is 7.35. The standard InChI is InChI=1S/C25H32ClN3O5S/c1-18(25(31)27-21-10-4-5-11-21)28(16-19-8-6-13-23(14-19)34-2)24(30)17-29(35(3,32)33)22-12-7-9-20(26)15-22/h6-9,12-15,18,21H,4-5,10-11,16-17H2,1-3H3,(H,27,31)/t18-/m1/s1. The molecule has 1 N–H and O–H groups in total. The number of halogens is 1. The van der Waals surface area contributed by atoms with Crippen molar-refractivity contribution < 1.29 is 22.7 Å². The first-order valence-corrected chi connectivity index (χ1v) is 13.8. The number of ether oxygens (including phenoxy) is 1. The quantitative estimate of drug-likeness (QED) is 0.515. The summed E-state index contributed by atoms with van der Waals surface area (Å²) in [6.45, 7) is 1.30. The van der Waals surface area contributed by atoms with Crippen molar-refractivity contribution in [1.82, 2.24) is 10.2 Å². The minimum atomic E-state index is -3.80. The summed E-state index contributed by atoms with van der Waals surface area (Å²) in [5.41, 5.74) is 1.03. The first kappa shape index (κ1) is 26.8. The Labute approximate surface area is 212 Å². The van der Waals surface area contributed by atoms with Crippen molar-refractivity contribution in [3.8, 4) is 5.75 Å². The number of amides is 2. The van der Waals surface area contributed by atoms with Crippen LogP contribution >= 0.6 is 11.6 Å². The molecule has 190 valence electrons. The van der Waals surface area contributed by atoms with Crippen molar-refractivity contribution in [2.75, 3.05) is 24.2 Å². The molecule has 0 spiro atoms. The lowest BCUT2D eigenvalue weighted by atomic mass is 10.1. The van der Waals surface area contributed by atoms with Crippen molar-refractivity contribution in [2.24, 2.45) is 0 Å². The summed E-state index contributed by atoms with van der Waals surface area (Å²) in [6, 6.07) is 12.8. The molecule has 35 heavy (non-hydrogen) atoms. The normalized spacial score (nSPS) is 14.9. The molecule has 0 bridgehead atoms. The van der Waals surface area contributed by atoms with Crippen molar-refractivity contribution in [3.63, 3.8) is 0 Å². The van der Waals surface area contributed by atoms with Gasteiger partial charge in [-0.05, 0) is 55.7 Å². The van der Waals surface area contributed by atoms with Gasteiger partial charge in [0.1, 0.15) is 18.3 Å². The minimum Gasteiger partial charge on any atom is -0.497 e. The van der Waals surface area contributed by atoms with E-state index in [1.807, 2.05) is 6.07 Å². The molecule has 2 aromatic rings. The molecule has 1 atom stereocenters. The van der Waals surface area contributed by atoms with E-state index in [2.05, 4.69) is 5.32 Å². The molecule has 0 heterocycles. The van der Waals surface area contributed by atoms with E-state index in [4.69, 9.17) is 16.3 Å². The number of rotatable bonds is 10. The summed E-state index contributed by atoms with van der Waals surface area (Å²) in [5.74, 6) is -0.149. The molecule has 1 saturated carbocycles. The number of carbonyl (C=O) groups is 2. The van der Waals surface area contributed by atoms with Crippen molar-refractivity contribution in [1.29, 1.82) is 0 Å². The molecule has 2 amide bonds. The fourth-order valence-electron chi connectivity index (χ4n) is 4.19. The molecule has 0 aromatic heterocycles. The van der Waals surface area contributed by atoms with Crippen LogP contribution in [0.1, 0.15) is 38.2 Å². The van der Waals surface area contributed by atoms with Gasteiger partial charge in [-0.3, -0.25) is 13.9 Å². The van der Waals surface area contributed by atoms with E-state index in [1.165, 1.54) is 11.0 Å². The largest absolute Gasteiger partial charge is 0.497 e. The SMILES string of the molecule is COc1cccc(CN(C(=O)CN(c2cccc(Cl)c2)S(C)(=O)=O)[C@H](C)C(=O)NC2CCCC2)c1. The van der Waals surface area contributed by atoms with Gasteiger partial charge < -0.3 is 15.0 Å². The summed E-state index contributed by atoms with van der Waals surface area (Å²) in [5, 5.41) is 3.39. The number of sulfonamides is 1. The zero-order valence-electron chi connectivity index (χ0n) is 20.2. The van der Waals surface area contributed by atoms with E-state index in [9.17, 15) is 18.0 Å². The smallest absolute Gasteiger partial charge is 0.244 e. The number of nitrogens with zero attached hydrogens (tertiary/aromatic N) is 2. The predicted octanol–water partition coefficient (Wildman–Crippen LogP) is 3.59. The number of carbonyl (C=O) groups excluding carboxylic acids is 2. The van der Waals surface area contributed by atoms with Crippen molar-refractivity contribution >= 4 is 39.1 Å². The third-order valence-corrected chi connectivity index (χ3v) is 7.51. The number of nitrogens with one attached hydrogen (secondary N) is 1. The molecule has 1 aliphatic carbocycles. The van der Waals surface area contributed by atoms with Gasteiger partial charge in [-0.1, -0.05) is 42.6 Å². The Kier molecular flexibility index (Phi) is 9.02. The van der Waals surface area contributed by atoms with Crippen molar-refractivity contribution in [2.45, 2.75) is 51.2 Å². The summed E-state index contributed by atoms with van der Waals surface area (Å²) in [7, 11) is -2.25. The maximum Gasteiger partial charge on any atom is 0.244 e. The van der Waals surface area contributed by atoms with Gasteiger partial charge in [0.2, 0.25) is 21.8 Å². The second-order valence-corrected chi connectivity index (χ2v) is 11.1. The average molecular weight is 522 g/mol. The van der Waals surface area contributed by atoms with Crippen LogP contribution in [0.15, 0.2) is 48.5 Å². The molecular formula is C25H32ClN3O5S. The molecule has 10 heteroatoms. The molecule has 0 radical (unpaired) electrons. The third-order valence-electron chi connectivity index (χ3n) is 6.13. The highest BCUT2D eigenvalue weighted by Gasteiger charge is 2.31. The first-order chi connectivity index (χ1) is 16.6. The van der Waals surface area contributed by atoms with Gasteiger partial charge in [-0.25, -0.2) is 8.42 Å². The first-order valence-electron chi connectivity index (χ1n) is 11.5. The fourth-order valence-corrected chi connectivity index (χ4v) is 5.21. The van der Waals surface area contributed by atoms with Crippen molar-refractivity contribution in [3.05, 3.63) is 59.1 Å². The maximum atomic E-state index is 13.6. The van der Waals surface area contributed by atoms with Crippen LogP contribution in [0, 0.1) is 0 Å². The lowest BCUT2D eigenvalue weighted by Gasteiger charge is -2.32. The highest BCUT2D eigenvalue weighted by atomic mass is 35.5. The Morgan fingerprint density at radius 3 is 2.46 bits per heavy atom. The van der Waals surface area contributed by atoms with Gasteiger partial charge >= 0.3 is 0 Å². The molecule has 2 aromatic carbocycles. The molecule has 8 nitrogen and oxygen atoms in total. The zero-order chi connectivity index (χ0) is 25.6. The summed E-state index contributed by atoms with van der Waals surface area (Å²) in [4.78, 5) is 28.1. The van der Waals surface area contributed by atoms with E-state index in [-0.39, 0.29) is 24.2 Å². The topological polar surface area (TPSA) is 96.0 Å². The maximum absolute atomic E-state index is 13.6. The molecule has 0 aliphatic heterocycles. The van der Waals surface area contributed by atoms with Crippen LogP contribution in [-0.4, -0.2) is 57.1 Å². The zero-order valence-corrected chi connectivity index (χ0v) is 21.8. The van der Waals surface area contributed by atoms with E-state index in [1.54, 1.807) is 50.4 Å². The van der Waals surface area contributed by atoms with E-state index >= 15 is 0 Å². The summed E-state index contributed by atoms with van der Waals surface area (Å²) < 4.78 is 31.5. The van der Waals surface area contributed by atoms with Crippen LogP contribution in [-0.2, 0) is 26.2 Å². The Hall–Kier alpha value is -2.78. The fraction of sp³-hybridized carbons (Fsp3) is 0.440. The average Bonchev–Trinajstić information content (AvgIpc) is 3.32. The lowest BCUT2D eigenvalue weighted by molar-refractivity contribution is -0.139. The Balaban J connectivity index is 1.89. The number of anilines is 1. The molecule has 0 saturated heterocycles. The van der Waals surface area contributed by atoms with Gasteiger partial charge in [0.15, 0.2) is 0 Å². The van der Waals surface area contributed by atoms with E-state index < -0.39 is 28.5 Å². The summed E-state index contributed by atoms with van der Waals surface area (Å²) in [6.07, 6.45) is 4.99. The molecular weight excluding hydrogens is 490 g/mol. The van der Waals surface area contributed by atoms with Gasteiger partial charge in [-0.15, -0.1) is 0 Å². The van der Waals surface area contributed by atoms with Gasteiger partial charge in [-0.2, -0.15) is 0 Å². The molecule has 0 unspecified atom stereocenters. The van der Waals surface area contributed by atoms with Crippen LogP contribution in [0.2, 0.25) is 5.02 Å². The Morgan fingerprint density at radius 2 is 1.83 bits per heavy atom. The van der Waals surface area contributed by atoms with Crippen LogP contribution < -0.4 is 14.4 Å². The van der Waals surface area contributed by atoms with Crippen LogP contribution in [0.4, 0.5) is 5.69 Å². The van der Waals surface area contributed by atoms with Crippen LogP contribution in [0.25, 0.3) is 0 Å². The molecule has 1 fully saturated rings. The summed E-state index contributed by atoms with van der Waals surface area (Å²) >= 11 is 6.07. The minimum absolute atomic E-state index is 0.0951. The number of methoxy groups -OCH3 is 1. The second kappa shape index (κ2) is 11.8.